The Kier molecular flexibility index (Phi) is 6.46. The first-order valence-corrected chi connectivity index (χ1v) is 10.9. The second-order valence-electron chi connectivity index (χ2n) is 8.62. The van der Waals surface area contributed by atoms with E-state index in [1.165, 1.54) is 11.1 Å². The highest BCUT2D eigenvalue weighted by Gasteiger charge is 2.44. The minimum Gasteiger partial charge on any atom is -0.483 e. The second kappa shape index (κ2) is 9.44. The van der Waals surface area contributed by atoms with E-state index in [1.54, 1.807) is 6.20 Å². The van der Waals surface area contributed by atoms with E-state index in [1.807, 2.05) is 19.2 Å². The molecule has 1 aliphatic carbocycles. The van der Waals surface area contributed by atoms with Crippen LogP contribution in [-0.2, 0) is 23.2 Å². The summed E-state index contributed by atoms with van der Waals surface area (Å²) in [5.41, 5.74) is 5.75. The molecule has 32 heavy (non-hydrogen) atoms. The molecule has 1 aromatic carbocycles. The summed E-state index contributed by atoms with van der Waals surface area (Å²) in [7, 11) is 0. The molecule has 1 fully saturated rings. The predicted octanol–water partition coefficient (Wildman–Crippen LogP) is 3.32. The van der Waals surface area contributed by atoms with Crippen LogP contribution in [0.5, 0.6) is 0 Å². The minimum atomic E-state index is -0.250. The summed E-state index contributed by atoms with van der Waals surface area (Å²) in [5.74, 6) is 0.734. The average Bonchev–Trinajstić information content (AvgIpc) is 3.13. The van der Waals surface area contributed by atoms with Crippen molar-refractivity contribution in [2.24, 2.45) is 0 Å². The van der Waals surface area contributed by atoms with Crippen LogP contribution in [0.1, 0.15) is 41.9 Å². The summed E-state index contributed by atoms with van der Waals surface area (Å²) in [5, 5.41) is 6.89. The summed E-state index contributed by atoms with van der Waals surface area (Å²) in [4.78, 5) is 35.1. The number of H-pyrrole nitrogens is 1. The van der Waals surface area contributed by atoms with Gasteiger partial charge in [-0.05, 0) is 61.9 Å². The van der Waals surface area contributed by atoms with Crippen LogP contribution in [0.25, 0.3) is 11.1 Å². The highest BCUT2D eigenvalue weighted by Crippen LogP contribution is 2.43. The molecule has 5 rings (SSSR count). The number of carbonyl (C=O) groups is 1. The van der Waals surface area contributed by atoms with Gasteiger partial charge in [-0.1, -0.05) is 30.3 Å². The molecule has 0 bridgehead atoms. The van der Waals surface area contributed by atoms with Crippen molar-refractivity contribution in [1.82, 2.24) is 19.9 Å². The average molecular weight is 433 g/mol. The summed E-state index contributed by atoms with van der Waals surface area (Å²) in [6, 6.07) is 12.9. The summed E-state index contributed by atoms with van der Waals surface area (Å²) in [6.45, 7) is 4.66. The van der Waals surface area contributed by atoms with Crippen molar-refractivity contribution in [3.05, 3.63) is 81.8 Å². The Morgan fingerprint density at radius 3 is 2.69 bits per heavy atom. The van der Waals surface area contributed by atoms with Crippen LogP contribution >= 0.6 is 0 Å². The lowest BCUT2D eigenvalue weighted by molar-refractivity contribution is -0.122. The van der Waals surface area contributed by atoms with Gasteiger partial charge in [-0.3, -0.25) is 19.5 Å². The molecule has 0 radical (unpaired) electrons. The van der Waals surface area contributed by atoms with Gasteiger partial charge >= 0.3 is 0 Å². The molecule has 7 heteroatoms. The van der Waals surface area contributed by atoms with Crippen molar-refractivity contribution in [1.29, 1.82) is 0 Å². The maximum atomic E-state index is 12.4. The zero-order valence-corrected chi connectivity index (χ0v) is 18.3. The number of nitrogens with one attached hydrogen (secondary N) is 1. The number of piperidine rings is 1. The molecule has 1 spiro atoms. The van der Waals surface area contributed by atoms with E-state index in [-0.39, 0.29) is 17.4 Å². The summed E-state index contributed by atoms with van der Waals surface area (Å²) in [6.07, 6.45) is 7.88. The van der Waals surface area contributed by atoms with E-state index in [9.17, 15) is 4.79 Å². The van der Waals surface area contributed by atoms with Crippen molar-refractivity contribution in [3.63, 3.8) is 0 Å². The molecule has 2 aromatic heterocycles. The molecular formula is C25H28N4O3. The molecule has 0 saturated carbocycles. The first-order chi connectivity index (χ1) is 15.5. The van der Waals surface area contributed by atoms with Crippen molar-refractivity contribution < 1.29 is 9.90 Å². The molecule has 7 nitrogen and oxygen atoms in total. The monoisotopic (exact) mass is 432 g/mol. The van der Waals surface area contributed by atoms with E-state index >= 15 is 0 Å². The Morgan fingerprint density at radius 2 is 1.97 bits per heavy atom. The summed E-state index contributed by atoms with van der Waals surface area (Å²) < 4.78 is 0. The van der Waals surface area contributed by atoms with E-state index in [0.29, 0.717) is 0 Å². The second-order valence-corrected chi connectivity index (χ2v) is 8.62. The number of hydrogen-bond acceptors (Lipinski definition) is 5. The van der Waals surface area contributed by atoms with Crippen molar-refractivity contribution in [2.75, 3.05) is 13.1 Å². The fraction of sp³-hybridized carbons (Fsp3) is 0.360. The zero-order chi connectivity index (χ0) is 22.6. The van der Waals surface area contributed by atoms with Crippen LogP contribution in [0.2, 0.25) is 0 Å². The number of aromatic nitrogens is 3. The lowest BCUT2D eigenvalue weighted by atomic mass is 9.77. The predicted molar refractivity (Wildman–Crippen MR) is 122 cm³/mol. The molecular weight excluding hydrogens is 404 g/mol. The molecule has 1 unspecified atom stereocenters. The van der Waals surface area contributed by atoms with Gasteiger partial charge in [0.2, 0.25) is 0 Å². The van der Waals surface area contributed by atoms with Gasteiger partial charge in [-0.25, -0.2) is 4.98 Å². The van der Waals surface area contributed by atoms with Gasteiger partial charge in [-0.15, -0.1) is 0 Å². The summed E-state index contributed by atoms with van der Waals surface area (Å²) >= 11 is 0. The van der Waals surface area contributed by atoms with Crippen LogP contribution in [0.4, 0.5) is 0 Å². The number of fused-ring (bicyclic) bond motifs is 2. The molecule has 3 heterocycles. The third-order valence-electron chi connectivity index (χ3n) is 6.50. The fourth-order valence-electron chi connectivity index (χ4n) is 5.12. The molecule has 1 saturated heterocycles. The van der Waals surface area contributed by atoms with Gasteiger partial charge in [0.05, 0.1) is 5.69 Å². The number of aromatic amines is 1. The quantitative estimate of drug-likeness (QED) is 0.616. The Hall–Kier alpha value is -3.32. The lowest BCUT2D eigenvalue weighted by Gasteiger charge is -2.40. The highest BCUT2D eigenvalue weighted by atomic mass is 16.3. The van der Waals surface area contributed by atoms with Crippen molar-refractivity contribution in [2.45, 2.75) is 44.6 Å². The highest BCUT2D eigenvalue weighted by molar-refractivity contribution is 5.62. The minimum absolute atomic E-state index is 0.0439. The van der Waals surface area contributed by atoms with E-state index in [4.69, 9.17) is 14.9 Å². The third-order valence-corrected chi connectivity index (χ3v) is 6.50. The Labute approximate surface area is 187 Å². The SMILES string of the molecule is Cc1nc2c(c(=O)[nH]1)CCC21CCCN(Cc2ccc(-c3cccnc3)cc2)C1.O=CO. The zero-order valence-electron chi connectivity index (χ0n) is 18.3. The fourth-order valence-corrected chi connectivity index (χ4v) is 5.12. The first kappa shape index (κ1) is 21.9. The van der Waals surface area contributed by atoms with Gasteiger partial charge in [0.1, 0.15) is 5.82 Å². The maximum absolute atomic E-state index is 12.4. The van der Waals surface area contributed by atoms with Gasteiger partial charge in [0.25, 0.3) is 12.0 Å². The number of likely N-dealkylation sites (tertiary alicyclic amines) is 1. The number of nitrogens with zero attached hydrogens (tertiary/aromatic N) is 3. The molecule has 166 valence electrons. The number of hydrogen-bond donors (Lipinski definition) is 2. The first-order valence-electron chi connectivity index (χ1n) is 10.9. The van der Waals surface area contributed by atoms with Gasteiger partial charge in [0.15, 0.2) is 0 Å². The van der Waals surface area contributed by atoms with Crippen molar-refractivity contribution in [3.8, 4) is 11.1 Å². The topological polar surface area (TPSA) is 99.2 Å². The normalized spacial score (nSPS) is 19.8. The van der Waals surface area contributed by atoms with Crippen molar-refractivity contribution >= 4 is 6.47 Å². The Bertz CT molecular complexity index is 1130. The molecule has 1 aliphatic heterocycles. The van der Waals surface area contributed by atoms with Gasteiger partial charge in [-0.2, -0.15) is 0 Å². The van der Waals surface area contributed by atoms with E-state index < -0.39 is 0 Å². The molecule has 3 aromatic rings. The molecule has 2 aliphatic rings. The van der Waals surface area contributed by atoms with Gasteiger partial charge in [0, 0.05) is 36.5 Å². The third kappa shape index (κ3) is 4.48. The number of carboxylic acid groups (broad SMARTS) is 1. The van der Waals surface area contributed by atoms with Crippen LogP contribution < -0.4 is 5.56 Å². The molecule has 1 atom stereocenters. The number of pyridine rings is 1. The largest absolute Gasteiger partial charge is 0.483 e. The standard InChI is InChI=1S/C24H26N4O.CH2O2/c1-17-26-22-21(23(29)27-17)9-11-24(22)10-3-13-28(16-24)15-18-5-7-19(8-6-18)20-4-2-12-25-14-20;2-1-3/h2,4-8,12,14H,3,9-11,13,15-16H2,1H3,(H,26,27,29);1H,(H,2,3). The lowest BCUT2D eigenvalue weighted by Crippen LogP contribution is -2.45. The maximum Gasteiger partial charge on any atom is 0.290 e. The van der Waals surface area contributed by atoms with E-state index in [2.05, 4.69) is 45.2 Å². The van der Waals surface area contributed by atoms with Gasteiger partial charge < -0.3 is 10.1 Å². The molecule has 2 N–H and O–H groups in total. The van der Waals surface area contributed by atoms with Crippen LogP contribution in [-0.4, -0.2) is 44.5 Å². The van der Waals surface area contributed by atoms with Crippen LogP contribution in [0, 0.1) is 6.92 Å². The number of benzene rings is 1. The Balaban J connectivity index is 0.000000775. The smallest absolute Gasteiger partial charge is 0.290 e. The van der Waals surface area contributed by atoms with Crippen LogP contribution in [0.3, 0.4) is 0 Å². The number of aryl methyl sites for hydroxylation is 1. The van der Waals surface area contributed by atoms with Crippen LogP contribution in [0.15, 0.2) is 53.6 Å². The molecule has 0 amide bonds. The Morgan fingerprint density at radius 1 is 1.19 bits per heavy atom. The van der Waals surface area contributed by atoms with E-state index in [0.717, 1.165) is 68.0 Å². The number of rotatable bonds is 3.